The molecule has 5 rings (SSSR count). The number of amides is 2. The third-order valence-corrected chi connectivity index (χ3v) is 6.67. The minimum Gasteiger partial charge on any atom is -0.497 e. The quantitative estimate of drug-likeness (QED) is 0.353. The highest BCUT2D eigenvalue weighted by atomic mass is 16.5. The van der Waals surface area contributed by atoms with Crippen LogP contribution in [-0.4, -0.2) is 31.8 Å². The first-order valence-corrected chi connectivity index (χ1v) is 10.9. The van der Waals surface area contributed by atoms with Crippen molar-refractivity contribution in [3.05, 3.63) is 66.2 Å². The van der Waals surface area contributed by atoms with Gasteiger partial charge in [-0.2, -0.15) is 0 Å². The van der Waals surface area contributed by atoms with E-state index >= 15 is 0 Å². The van der Waals surface area contributed by atoms with Crippen LogP contribution in [0.25, 0.3) is 0 Å². The largest absolute Gasteiger partial charge is 0.497 e. The molecule has 32 heavy (non-hydrogen) atoms. The summed E-state index contributed by atoms with van der Waals surface area (Å²) in [5, 5.41) is 0. The van der Waals surface area contributed by atoms with Gasteiger partial charge in [0.05, 0.1) is 12.8 Å². The summed E-state index contributed by atoms with van der Waals surface area (Å²) in [6.45, 7) is 1.99. The fourth-order valence-corrected chi connectivity index (χ4v) is 4.78. The molecule has 2 aromatic carbocycles. The van der Waals surface area contributed by atoms with Crippen LogP contribution in [0.3, 0.4) is 0 Å². The van der Waals surface area contributed by atoms with E-state index in [1.807, 2.05) is 0 Å². The SMILES string of the molecule is COc1ccc(C(=O)COc2ccc(N(C=O)C(=O)C3C4C=CC(CC4)C3C)cc2)cc1. The zero-order chi connectivity index (χ0) is 22.7. The van der Waals surface area contributed by atoms with Gasteiger partial charge in [-0.25, -0.2) is 0 Å². The highest BCUT2D eigenvalue weighted by molar-refractivity contribution is 6.08. The zero-order valence-electron chi connectivity index (χ0n) is 18.3. The van der Waals surface area contributed by atoms with Crippen LogP contribution in [0, 0.1) is 23.7 Å². The first kappa shape index (κ1) is 21.8. The molecule has 2 bridgehead atoms. The van der Waals surface area contributed by atoms with E-state index in [4.69, 9.17) is 9.47 Å². The summed E-state index contributed by atoms with van der Waals surface area (Å²) < 4.78 is 10.7. The number of hydrogen-bond donors (Lipinski definition) is 0. The number of hydrogen-bond acceptors (Lipinski definition) is 5. The Kier molecular flexibility index (Phi) is 6.40. The van der Waals surface area contributed by atoms with E-state index in [0.717, 1.165) is 12.8 Å². The molecule has 0 radical (unpaired) electrons. The van der Waals surface area contributed by atoms with Crippen molar-refractivity contribution in [2.75, 3.05) is 18.6 Å². The third kappa shape index (κ3) is 4.31. The molecule has 3 aliphatic carbocycles. The van der Waals surface area contributed by atoms with E-state index in [1.54, 1.807) is 55.6 Å². The van der Waals surface area contributed by atoms with Crippen LogP contribution in [0.1, 0.15) is 30.1 Å². The van der Waals surface area contributed by atoms with Gasteiger partial charge in [-0.15, -0.1) is 0 Å². The number of rotatable bonds is 8. The highest BCUT2D eigenvalue weighted by Gasteiger charge is 2.43. The number of carbonyl (C=O) groups excluding carboxylic acids is 3. The Bertz CT molecular complexity index is 1010. The van der Waals surface area contributed by atoms with E-state index in [1.165, 1.54) is 4.90 Å². The van der Waals surface area contributed by atoms with Gasteiger partial charge in [-0.3, -0.25) is 19.3 Å². The lowest BCUT2D eigenvalue weighted by atomic mass is 9.62. The van der Waals surface area contributed by atoms with Crippen molar-refractivity contribution >= 4 is 23.8 Å². The predicted molar refractivity (Wildman–Crippen MR) is 121 cm³/mol. The molecule has 6 nitrogen and oxygen atoms in total. The number of imide groups is 1. The maximum Gasteiger partial charge on any atom is 0.237 e. The van der Waals surface area contributed by atoms with Crippen LogP contribution in [0.15, 0.2) is 60.7 Å². The minimum absolute atomic E-state index is 0.114. The number of allylic oxidation sites excluding steroid dienone is 2. The van der Waals surface area contributed by atoms with Crippen LogP contribution >= 0.6 is 0 Å². The molecule has 4 unspecified atom stereocenters. The molecule has 0 spiro atoms. The van der Waals surface area contributed by atoms with Gasteiger partial charge in [0, 0.05) is 11.5 Å². The second-order valence-electron chi connectivity index (χ2n) is 8.42. The number of methoxy groups -OCH3 is 1. The van der Waals surface area contributed by atoms with Crippen LogP contribution in [0.5, 0.6) is 11.5 Å². The summed E-state index contributed by atoms with van der Waals surface area (Å²) in [5.74, 6) is 1.49. The van der Waals surface area contributed by atoms with Gasteiger partial charge in [-0.1, -0.05) is 19.1 Å². The summed E-state index contributed by atoms with van der Waals surface area (Å²) >= 11 is 0. The van der Waals surface area contributed by atoms with Crippen molar-refractivity contribution in [2.24, 2.45) is 23.7 Å². The molecule has 6 heteroatoms. The lowest BCUT2D eigenvalue weighted by Crippen LogP contribution is -2.46. The normalized spacial score (nSPS) is 23.4. The second-order valence-corrected chi connectivity index (χ2v) is 8.42. The number of Topliss-reactive ketones (excluding diaryl/α,β-unsaturated/α-hetero) is 1. The van der Waals surface area contributed by atoms with Gasteiger partial charge in [-0.05, 0) is 79.1 Å². The van der Waals surface area contributed by atoms with Gasteiger partial charge < -0.3 is 9.47 Å². The van der Waals surface area contributed by atoms with Crippen molar-refractivity contribution in [3.8, 4) is 11.5 Å². The number of benzene rings is 2. The minimum atomic E-state index is -0.179. The summed E-state index contributed by atoms with van der Waals surface area (Å²) in [7, 11) is 1.57. The van der Waals surface area contributed by atoms with Crippen molar-refractivity contribution in [1.82, 2.24) is 0 Å². The standard InChI is InChI=1S/C26H27NO5/c1-17-18-3-5-20(6-4-18)25(17)26(30)27(16-28)21-9-13-23(14-10-21)32-15-24(29)19-7-11-22(31-2)12-8-19/h3,5,7-14,16-18,20,25H,4,6,15H2,1-2H3. The summed E-state index contributed by atoms with van der Waals surface area (Å²) in [4.78, 5) is 38.5. The van der Waals surface area contributed by atoms with Gasteiger partial charge >= 0.3 is 0 Å². The first-order valence-electron chi connectivity index (χ1n) is 10.9. The van der Waals surface area contributed by atoms with Gasteiger partial charge in [0.15, 0.2) is 12.4 Å². The average Bonchev–Trinajstić information content (AvgIpc) is 2.84. The van der Waals surface area contributed by atoms with Crippen LogP contribution in [-0.2, 0) is 9.59 Å². The molecule has 0 saturated heterocycles. The lowest BCUT2D eigenvalue weighted by molar-refractivity contribution is -0.129. The Labute approximate surface area is 187 Å². The summed E-state index contributed by atoms with van der Waals surface area (Å²) in [5.41, 5.74) is 1.03. The molecule has 0 heterocycles. The van der Waals surface area contributed by atoms with Gasteiger partial charge in [0.2, 0.25) is 12.3 Å². The van der Waals surface area contributed by atoms with E-state index in [2.05, 4.69) is 19.1 Å². The van der Waals surface area contributed by atoms with E-state index in [-0.39, 0.29) is 36.1 Å². The van der Waals surface area contributed by atoms with Gasteiger partial charge in [0.1, 0.15) is 11.5 Å². The van der Waals surface area contributed by atoms with E-state index in [0.29, 0.717) is 35.1 Å². The van der Waals surface area contributed by atoms with Crippen LogP contribution < -0.4 is 14.4 Å². The molecule has 166 valence electrons. The molecular formula is C26H27NO5. The number of carbonyl (C=O) groups is 3. The Morgan fingerprint density at radius 2 is 1.59 bits per heavy atom. The highest BCUT2D eigenvalue weighted by Crippen LogP contribution is 2.45. The van der Waals surface area contributed by atoms with Crippen molar-refractivity contribution in [1.29, 1.82) is 0 Å². The second kappa shape index (κ2) is 9.39. The number of anilines is 1. The molecule has 1 saturated carbocycles. The third-order valence-electron chi connectivity index (χ3n) is 6.67. The zero-order valence-corrected chi connectivity index (χ0v) is 18.3. The Morgan fingerprint density at radius 3 is 2.16 bits per heavy atom. The van der Waals surface area contributed by atoms with Crippen LogP contribution in [0.2, 0.25) is 0 Å². The molecule has 4 atom stereocenters. The maximum absolute atomic E-state index is 13.2. The van der Waals surface area contributed by atoms with Crippen LogP contribution in [0.4, 0.5) is 5.69 Å². The first-order chi connectivity index (χ1) is 15.5. The average molecular weight is 434 g/mol. The topological polar surface area (TPSA) is 72.9 Å². The molecule has 2 amide bonds. The molecule has 2 aromatic rings. The number of ether oxygens (including phenoxy) is 2. The van der Waals surface area contributed by atoms with E-state index < -0.39 is 0 Å². The molecule has 3 aliphatic rings. The van der Waals surface area contributed by atoms with E-state index in [9.17, 15) is 14.4 Å². The fourth-order valence-electron chi connectivity index (χ4n) is 4.78. The molecular weight excluding hydrogens is 406 g/mol. The predicted octanol–water partition coefficient (Wildman–Crippen LogP) is 4.29. The Balaban J connectivity index is 1.39. The molecule has 0 aromatic heterocycles. The summed E-state index contributed by atoms with van der Waals surface area (Å²) in [6.07, 6.45) is 7.03. The van der Waals surface area contributed by atoms with Crippen molar-refractivity contribution < 1.29 is 23.9 Å². The molecule has 1 fully saturated rings. The number of fused-ring (bicyclic) bond motifs is 2. The summed E-state index contributed by atoms with van der Waals surface area (Å²) in [6, 6.07) is 13.5. The smallest absolute Gasteiger partial charge is 0.237 e. The fraction of sp³-hybridized carbons (Fsp3) is 0.346. The number of ketones is 1. The molecule has 0 aliphatic heterocycles. The number of nitrogens with zero attached hydrogens (tertiary/aromatic N) is 1. The maximum atomic E-state index is 13.2. The Hall–Kier alpha value is -3.41. The van der Waals surface area contributed by atoms with Crippen molar-refractivity contribution in [2.45, 2.75) is 19.8 Å². The lowest BCUT2D eigenvalue weighted by Gasteiger charge is -2.43. The Morgan fingerprint density at radius 1 is 0.969 bits per heavy atom. The van der Waals surface area contributed by atoms with Crippen molar-refractivity contribution in [3.63, 3.8) is 0 Å². The van der Waals surface area contributed by atoms with Gasteiger partial charge in [0.25, 0.3) is 0 Å². The monoisotopic (exact) mass is 433 g/mol. The molecule has 0 N–H and O–H groups in total.